The number of halogens is 2. The summed E-state index contributed by atoms with van der Waals surface area (Å²) in [5, 5.41) is 6.85. The predicted octanol–water partition coefficient (Wildman–Crippen LogP) is 3.08. The lowest BCUT2D eigenvalue weighted by molar-refractivity contribution is -0.0506. The largest absolute Gasteiger partial charge is 0.434 e. The fourth-order valence-electron chi connectivity index (χ4n) is 2.57. The maximum atomic E-state index is 12.4. The molecule has 0 aliphatic carbocycles. The van der Waals surface area contributed by atoms with Gasteiger partial charge >= 0.3 is 6.61 Å². The third kappa shape index (κ3) is 4.42. The van der Waals surface area contributed by atoms with Gasteiger partial charge in [0.15, 0.2) is 0 Å². The molecule has 0 radical (unpaired) electrons. The van der Waals surface area contributed by atoms with Crippen molar-refractivity contribution in [3.63, 3.8) is 0 Å². The van der Waals surface area contributed by atoms with Crippen LogP contribution in [0.25, 0.3) is 0 Å². The summed E-state index contributed by atoms with van der Waals surface area (Å²) in [5.41, 5.74) is 0.767. The zero-order valence-corrected chi connectivity index (χ0v) is 11.7. The molecule has 0 spiro atoms. The molecule has 112 valence electrons. The van der Waals surface area contributed by atoms with E-state index in [1.807, 2.05) is 19.1 Å². The van der Waals surface area contributed by atoms with Gasteiger partial charge in [0.1, 0.15) is 5.75 Å². The van der Waals surface area contributed by atoms with Crippen molar-refractivity contribution >= 4 is 0 Å². The molecule has 1 saturated heterocycles. The number of rotatable bonds is 6. The highest BCUT2D eigenvalue weighted by Crippen LogP contribution is 2.26. The molecular weight excluding hydrogens is 262 g/mol. The van der Waals surface area contributed by atoms with Crippen molar-refractivity contribution in [1.29, 1.82) is 0 Å². The van der Waals surface area contributed by atoms with E-state index in [1.54, 1.807) is 12.1 Å². The van der Waals surface area contributed by atoms with Crippen molar-refractivity contribution in [3.05, 3.63) is 29.8 Å². The third-order valence-electron chi connectivity index (χ3n) is 3.68. The van der Waals surface area contributed by atoms with Crippen molar-refractivity contribution in [2.45, 2.75) is 44.9 Å². The number of hydrogen-bond donors (Lipinski definition) is 2. The van der Waals surface area contributed by atoms with Crippen LogP contribution in [0.15, 0.2) is 24.3 Å². The normalized spacial score (nSPS) is 20.9. The Morgan fingerprint density at radius 1 is 1.35 bits per heavy atom. The molecule has 1 fully saturated rings. The molecule has 1 heterocycles. The molecule has 5 heteroatoms. The molecule has 2 N–H and O–H groups in total. The van der Waals surface area contributed by atoms with Gasteiger partial charge in [0.05, 0.1) is 0 Å². The fourth-order valence-corrected chi connectivity index (χ4v) is 2.57. The molecular formula is C15H22F2N2O. The summed E-state index contributed by atoms with van der Waals surface area (Å²) >= 11 is 0. The van der Waals surface area contributed by atoms with Gasteiger partial charge < -0.3 is 15.4 Å². The van der Waals surface area contributed by atoms with Gasteiger partial charge in [0, 0.05) is 24.2 Å². The standard InChI is InChI=1S/C15H22F2N2O/c1-11(19-10-12-6-4-5-9-18-12)13-7-2-3-8-14(13)20-15(16)17/h2-3,7-8,11-12,15,18-19H,4-6,9-10H2,1H3. The van der Waals surface area contributed by atoms with Crippen LogP contribution in [-0.4, -0.2) is 25.7 Å². The predicted molar refractivity (Wildman–Crippen MR) is 75.1 cm³/mol. The Morgan fingerprint density at radius 3 is 2.85 bits per heavy atom. The molecule has 2 rings (SSSR count). The zero-order valence-electron chi connectivity index (χ0n) is 11.7. The van der Waals surface area contributed by atoms with Crippen LogP contribution in [0.1, 0.15) is 37.8 Å². The highest BCUT2D eigenvalue weighted by molar-refractivity contribution is 5.35. The quantitative estimate of drug-likeness (QED) is 0.842. The van der Waals surface area contributed by atoms with Crippen LogP contribution in [0.3, 0.4) is 0 Å². The number of piperidine rings is 1. The number of hydrogen-bond acceptors (Lipinski definition) is 3. The number of alkyl halides is 2. The van der Waals surface area contributed by atoms with E-state index in [-0.39, 0.29) is 11.8 Å². The first-order valence-corrected chi connectivity index (χ1v) is 7.17. The van der Waals surface area contributed by atoms with Gasteiger partial charge in [0.2, 0.25) is 0 Å². The lowest BCUT2D eigenvalue weighted by Crippen LogP contribution is -2.42. The van der Waals surface area contributed by atoms with Crippen molar-refractivity contribution in [2.75, 3.05) is 13.1 Å². The van der Waals surface area contributed by atoms with Crippen LogP contribution >= 0.6 is 0 Å². The third-order valence-corrected chi connectivity index (χ3v) is 3.68. The van der Waals surface area contributed by atoms with Crippen LogP contribution in [0, 0.1) is 0 Å². The molecule has 3 nitrogen and oxygen atoms in total. The monoisotopic (exact) mass is 284 g/mol. The van der Waals surface area contributed by atoms with Crippen molar-refractivity contribution < 1.29 is 13.5 Å². The Labute approximate surface area is 118 Å². The van der Waals surface area contributed by atoms with Crippen LogP contribution in [0.5, 0.6) is 5.75 Å². The summed E-state index contributed by atoms with van der Waals surface area (Å²) in [4.78, 5) is 0. The van der Waals surface area contributed by atoms with Gasteiger partial charge in [-0.2, -0.15) is 8.78 Å². The number of nitrogens with one attached hydrogen (secondary N) is 2. The maximum Gasteiger partial charge on any atom is 0.387 e. The second kappa shape index (κ2) is 7.55. The molecule has 0 bridgehead atoms. The topological polar surface area (TPSA) is 33.3 Å². The molecule has 0 saturated carbocycles. The van der Waals surface area contributed by atoms with E-state index in [9.17, 15) is 8.78 Å². The van der Waals surface area contributed by atoms with E-state index < -0.39 is 6.61 Å². The second-order valence-corrected chi connectivity index (χ2v) is 5.19. The number of ether oxygens (including phenoxy) is 1. The fraction of sp³-hybridized carbons (Fsp3) is 0.600. The van der Waals surface area contributed by atoms with Crippen LogP contribution in [-0.2, 0) is 0 Å². The molecule has 2 atom stereocenters. The molecule has 1 aromatic carbocycles. The summed E-state index contributed by atoms with van der Waals surface area (Å²) in [5.74, 6) is 0.249. The van der Waals surface area contributed by atoms with Crippen LogP contribution < -0.4 is 15.4 Å². The lowest BCUT2D eigenvalue weighted by Gasteiger charge is -2.26. The van der Waals surface area contributed by atoms with Crippen molar-refractivity contribution in [2.24, 2.45) is 0 Å². The minimum Gasteiger partial charge on any atom is -0.434 e. The summed E-state index contributed by atoms with van der Waals surface area (Å²) in [6.07, 6.45) is 3.64. The Morgan fingerprint density at radius 2 is 2.15 bits per heavy atom. The number of para-hydroxylation sites is 1. The van der Waals surface area contributed by atoms with Crippen LogP contribution in [0.4, 0.5) is 8.78 Å². The Bertz CT molecular complexity index is 409. The Hall–Kier alpha value is -1.20. The van der Waals surface area contributed by atoms with E-state index in [4.69, 9.17) is 0 Å². The van der Waals surface area contributed by atoms with Gasteiger partial charge in [0.25, 0.3) is 0 Å². The summed E-state index contributed by atoms with van der Waals surface area (Å²) in [6, 6.07) is 7.40. The van der Waals surface area contributed by atoms with Gasteiger partial charge in [-0.25, -0.2) is 0 Å². The summed E-state index contributed by atoms with van der Waals surface area (Å²) < 4.78 is 29.3. The van der Waals surface area contributed by atoms with Gasteiger partial charge in [-0.15, -0.1) is 0 Å². The Kier molecular flexibility index (Phi) is 5.73. The van der Waals surface area contributed by atoms with E-state index >= 15 is 0 Å². The first kappa shape index (κ1) is 15.2. The summed E-state index contributed by atoms with van der Waals surface area (Å²) in [6.45, 7) is 1.08. The average molecular weight is 284 g/mol. The molecule has 1 aliphatic rings. The molecule has 0 amide bonds. The maximum absolute atomic E-state index is 12.4. The van der Waals surface area contributed by atoms with Gasteiger partial charge in [-0.1, -0.05) is 24.6 Å². The van der Waals surface area contributed by atoms with E-state index in [1.165, 1.54) is 12.8 Å². The molecule has 0 aromatic heterocycles. The minimum atomic E-state index is -2.79. The zero-order chi connectivity index (χ0) is 14.4. The van der Waals surface area contributed by atoms with Gasteiger partial charge in [-0.3, -0.25) is 0 Å². The van der Waals surface area contributed by atoms with Crippen molar-refractivity contribution in [3.8, 4) is 5.75 Å². The highest BCUT2D eigenvalue weighted by Gasteiger charge is 2.17. The van der Waals surface area contributed by atoms with Crippen LogP contribution in [0.2, 0.25) is 0 Å². The molecule has 20 heavy (non-hydrogen) atoms. The lowest BCUT2D eigenvalue weighted by atomic mass is 10.0. The first-order valence-electron chi connectivity index (χ1n) is 7.17. The minimum absolute atomic E-state index is 0.0197. The molecule has 2 unspecified atom stereocenters. The molecule has 1 aromatic rings. The van der Waals surface area contributed by atoms with E-state index in [0.717, 1.165) is 25.1 Å². The van der Waals surface area contributed by atoms with Gasteiger partial charge in [-0.05, 0) is 32.4 Å². The highest BCUT2D eigenvalue weighted by atomic mass is 19.3. The Balaban J connectivity index is 1.92. The SMILES string of the molecule is CC(NCC1CCCCN1)c1ccccc1OC(F)F. The smallest absolute Gasteiger partial charge is 0.387 e. The molecule has 1 aliphatic heterocycles. The first-order chi connectivity index (χ1) is 9.66. The summed E-state index contributed by atoms with van der Waals surface area (Å²) in [7, 11) is 0. The second-order valence-electron chi connectivity index (χ2n) is 5.19. The number of benzene rings is 1. The van der Waals surface area contributed by atoms with E-state index in [0.29, 0.717) is 6.04 Å². The van der Waals surface area contributed by atoms with E-state index in [2.05, 4.69) is 15.4 Å². The van der Waals surface area contributed by atoms with Crippen molar-refractivity contribution in [1.82, 2.24) is 10.6 Å². The average Bonchev–Trinajstić information content (AvgIpc) is 2.46.